The van der Waals surface area contributed by atoms with Crippen molar-refractivity contribution in [2.75, 3.05) is 6.54 Å². The summed E-state index contributed by atoms with van der Waals surface area (Å²) in [5.74, 6) is -1.96. The first-order valence-electron chi connectivity index (χ1n) is 7.26. The zero-order valence-electron chi connectivity index (χ0n) is 12.2. The van der Waals surface area contributed by atoms with Crippen LogP contribution < -0.4 is 5.32 Å². The maximum absolute atomic E-state index is 11.8. The topological polar surface area (TPSA) is 79.3 Å². The summed E-state index contributed by atoms with van der Waals surface area (Å²) in [7, 11) is 0. The molecule has 23 heavy (non-hydrogen) atoms. The maximum atomic E-state index is 11.8. The van der Waals surface area contributed by atoms with Gasteiger partial charge >= 0.3 is 5.97 Å². The number of carbonyl (C=O) groups is 2. The Labute approximate surface area is 142 Å². The number of carbonyl (C=O) groups excluding carboxylic acids is 1. The summed E-state index contributed by atoms with van der Waals surface area (Å²) < 4.78 is 0. The molecule has 1 amide bonds. The Balaban J connectivity index is 1.51. The minimum atomic E-state index is -0.894. The van der Waals surface area contributed by atoms with Gasteiger partial charge in [0, 0.05) is 23.9 Å². The van der Waals surface area contributed by atoms with Gasteiger partial charge in [-0.2, -0.15) is 0 Å². The molecule has 1 heterocycles. The number of hydrogen-bond donors (Lipinski definition) is 2. The Kier molecular flexibility index (Phi) is 4.63. The highest BCUT2D eigenvalue weighted by molar-refractivity contribution is 7.13. The molecule has 7 heteroatoms. The van der Waals surface area contributed by atoms with E-state index in [1.165, 1.54) is 11.3 Å². The molecule has 0 saturated heterocycles. The van der Waals surface area contributed by atoms with Crippen LogP contribution in [-0.4, -0.2) is 28.5 Å². The molecule has 0 bridgehead atoms. The van der Waals surface area contributed by atoms with Crippen LogP contribution in [0.15, 0.2) is 29.6 Å². The molecule has 1 aliphatic carbocycles. The highest BCUT2D eigenvalue weighted by atomic mass is 35.5. The highest BCUT2D eigenvalue weighted by Crippen LogP contribution is 2.38. The Morgan fingerprint density at radius 1 is 1.35 bits per heavy atom. The van der Waals surface area contributed by atoms with Gasteiger partial charge in [0.05, 0.1) is 22.6 Å². The SMILES string of the molecule is O=C(O)C1CC1C(=O)NCCc1csc(-c2ccccc2Cl)n1. The molecule has 120 valence electrons. The summed E-state index contributed by atoms with van der Waals surface area (Å²) in [6, 6.07) is 7.54. The Morgan fingerprint density at radius 3 is 2.83 bits per heavy atom. The molecule has 5 nitrogen and oxygen atoms in total. The second-order valence-electron chi connectivity index (χ2n) is 5.45. The van der Waals surface area contributed by atoms with E-state index in [0.717, 1.165) is 16.3 Å². The fourth-order valence-corrected chi connectivity index (χ4v) is 3.56. The van der Waals surface area contributed by atoms with Gasteiger partial charge in [0.1, 0.15) is 5.01 Å². The van der Waals surface area contributed by atoms with Gasteiger partial charge in [-0.15, -0.1) is 11.3 Å². The molecule has 2 aromatic rings. The van der Waals surface area contributed by atoms with Crippen LogP contribution in [0.1, 0.15) is 12.1 Å². The van der Waals surface area contributed by atoms with E-state index >= 15 is 0 Å². The Hall–Kier alpha value is -1.92. The van der Waals surface area contributed by atoms with Gasteiger partial charge in [0.15, 0.2) is 0 Å². The third-order valence-electron chi connectivity index (χ3n) is 3.78. The summed E-state index contributed by atoms with van der Waals surface area (Å²) in [5, 5.41) is 15.0. The van der Waals surface area contributed by atoms with Crippen molar-refractivity contribution >= 4 is 34.8 Å². The van der Waals surface area contributed by atoms with Gasteiger partial charge in [0.2, 0.25) is 5.91 Å². The predicted octanol–water partition coefficient (Wildman–Crippen LogP) is 2.84. The van der Waals surface area contributed by atoms with Crippen molar-refractivity contribution in [3.8, 4) is 10.6 Å². The molecule has 1 aromatic carbocycles. The normalized spacial score (nSPS) is 19.3. The van der Waals surface area contributed by atoms with E-state index in [9.17, 15) is 9.59 Å². The first-order valence-corrected chi connectivity index (χ1v) is 8.52. The maximum Gasteiger partial charge on any atom is 0.307 e. The number of carboxylic acids is 1. The number of halogens is 1. The van der Waals surface area contributed by atoms with Crippen LogP contribution in [0.25, 0.3) is 10.6 Å². The minimum Gasteiger partial charge on any atom is -0.481 e. The Morgan fingerprint density at radius 2 is 2.13 bits per heavy atom. The van der Waals surface area contributed by atoms with E-state index in [4.69, 9.17) is 16.7 Å². The average Bonchev–Trinajstić information content (AvgIpc) is 3.21. The summed E-state index contributed by atoms with van der Waals surface area (Å²) in [4.78, 5) is 27.0. The van der Waals surface area contributed by atoms with E-state index in [1.54, 1.807) is 0 Å². The number of nitrogens with one attached hydrogen (secondary N) is 1. The van der Waals surface area contributed by atoms with Crippen molar-refractivity contribution in [3.05, 3.63) is 40.4 Å². The van der Waals surface area contributed by atoms with Crippen molar-refractivity contribution < 1.29 is 14.7 Å². The van der Waals surface area contributed by atoms with Crippen molar-refractivity contribution in [1.82, 2.24) is 10.3 Å². The summed E-state index contributed by atoms with van der Waals surface area (Å²) >= 11 is 7.67. The van der Waals surface area contributed by atoms with E-state index < -0.39 is 11.9 Å². The molecule has 0 aliphatic heterocycles. The van der Waals surface area contributed by atoms with Gasteiger partial charge in [0.25, 0.3) is 0 Å². The number of thiazole rings is 1. The van der Waals surface area contributed by atoms with Crippen molar-refractivity contribution in [2.45, 2.75) is 12.8 Å². The predicted molar refractivity (Wildman–Crippen MR) is 88.5 cm³/mol. The van der Waals surface area contributed by atoms with Crippen LogP contribution >= 0.6 is 22.9 Å². The van der Waals surface area contributed by atoms with Crippen LogP contribution in [0.4, 0.5) is 0 Å². The van der Waals surface area contributed by atoms with Gasteiger partial charge in [-0.1, -0.05) is 29.8 Å². The number of benzene rings is 1. The molecule has 1 aliphatic rings. The lowest BCUT2D eigenvalue weighted by molar-refractivity contribution is -0.140. The molecule has 1 aromatic heterocycles. The molecule has 1 saturated carbocycles. The zero-order chi connectivity index (χ0) is 16.4. The smallest absolute Gasteiger partial charge is 0.307 e. The zero-order valence-corrected chi connectivity index (χ0v) is 13.7. The quantitative estimate of drug-likeness (QED) is 0.839. The van der Waals surface area contributed by atoms with Crippen LogP contribution in [0.5, 0.6) is 0 Å². The molecule has 2 atom stereocenters. The first kappa shape index (κ1) is 16.0. The fraction of sp³-hybridized carbons (Fsp3) is 0.312. The van der Waals surface area contributed by atoms with Gasteiger partial charge in [-0.25, -0.2) is 4.98 Å². The average molecular weight is 351 g/mol. The summed E-state index contributed by atoms with van der Waals surface area (Å²) in [6.45, 7) is 0.452. The number of nitrogens with zero attached hydrogens (tertiary/aromatic N) is 1. The minimum absolute atomic E-state index is 0.182. The third kappa shape index (κ3) is 3.71. The van der Waals surface area contributed by atoms with Crippen molar-refractivity contribution in [3.63, 3.8) is 0 Å². The lowest BCUT2D eigenvalue weighted by Crippen LogP contribution is -2.28. The number of aromatic nitrogens is 1. The van der Waals surface area contributed by atoms with Gasteiger partial charge in [-0.3, -0.25) is 9.59 Å². The number of amides is 1. The van der Waals surface area contributed by atoms with Gasteiger partial charge < -0.3 is 10.4 Å². The van der Waals surface area contributed by atoms with E-state index in [0.29, 0.717) is 24.4 Å². The van der Waals surface area contributed by atoms with E-state index in [2.05, 4.69) is 10.3 Å². The molecule has 0 radical (unpaired) electrons. The fourth-order valence-electron chi connectivity index (χ4n) is 2.38. The number of aliphatic carboxylic acids is 1. The molecular weight excluding hydrogens is 336 g/mol. The van der Waals surface area contributed by atoms with Gasteiger partial charge in [-0.05, 0) is 12.5 Å². The highest BCUT2D eigenvalue weighted by Gasteiger charge is 2.48. The standard InChI is InChI=1S/C16H15ClN2O3S/c17-13-4-2-1-3-10(13)15-19-9(8-23-15)5-6-18-14(20)11-7-12(11)16(21)22/h1-4,8,11-12H,5-7H2,(H,18,20)(H,21,22). The summed E-state index contributed by atoms with van der Waals surface area (Å²) in [5.41, 5.74) is 1.78. The molecular formula is C16H15ClN2O3S. The molecule has 2 N–H and O–H groups in total. The largest absolute Gasteiger partial charge is 0.481 e. The molecule has 1 fully saturated rings. The van der Waals surface area contributed by atoms with E-state index in [-0.39, 0.29) is 11.8 Å². The lowest BCUT2D eigenvalue weighted by atomic mass is 10.2. The molecule has 3 rings (SSSR count). The second kappa shape index (κ2) is 6.68. The molecule has 2 unspecified atom stereocenters. The second-order valence-corrected chi connectivity index (χ2v) is 6.72. The first-order chi connectivity index (χ1) is 11.1. The summed E-state index contributed by atoms with van der Waals surface area (Å²) in [6.07, 6.45) is 1.05. The lowest BCUT2D eigenvalue weighted by Gasteiger charge is -2.02. The number of hydrogen-bond acceptors (Lipinski definition) is 4. The molecule has 0 spiro atoms. The van der Waals surface area contributed by atoms with Crippen LogP contribution in [-0.2, 0) is 16.0 Å². The number of rotatable bonds is 6. The number of carboxylic acid groups (broad SMARTS) is 1. The van der Waals surface area contributed by atoms with E-state index in [1.807, 2.05) is 29.6 Å². The van der Waals surface area contributed by atoms with Crippen LogP contribution in [0.3, 0.4) is 0 Å². The van der Waals surface area contributed by atoms with Crippen molar-refractivity contribution in [2.24, 2.45) is 11.8 Å². The third-order valence-corrected chi connectivity index (χ3v) is 5.03. The van der Waals surface area contributed by atoms with Crippen LogP contribution in [0, 0.1) is 11.8 Å². The van der Waals surface area contributed by atoms with Crippen molar-refractivity contribution in [1.29, 1.82) is 0 Å². The monoisotopic (exact) mass is 350 g/mol. The Bertz CT molecular complexity index is 746. The van der Waals surface area contributed by atoms with Crippen LogP contribution in [0.2, 0.25) is 5.02 Å².